The number of ketones is 1. The molecule has 0 bridgehead atoms. The molecule has 0 aliphatic carbocycles. The second-order valence-electron chi connectivity index (χ2n) is 7.85. The van der Waals surface area contributed by atoms with Crippen LogP contribution in [0.15, 0.2) is 52.5 Å². The van der Waals surface area contributed by atoms with Crippen molar-refractivity contribution in [1.29, 1.82) is 0 Å². The number of carbonyl (C=O) groups excluding carboxylic acids is 2. The molecule has 0 aromatic heterocycles. The number of Topliss-reactive ketones (excluding diaryl/α,β-unsaturated/α-hetero) is 1. The zero-order chi connectivity index (χ0) is 22.0. The molecule has 1 fully saturated rings. The topological polar surface area (TPSA) is 60.9 Å². The van der Waals surface area contributed by atoms with E-state index in [1.165, 1.54) is 5.56 Å². The highest BCUT2D eigenvalue weighted by molar-refractivity contribution is 9.10. The Hall–Kier alpha value is -2.44. The molecule has 158 valence electrons. The lowest BCUT2D eigenvalue weighted by atomic mass is 9.94. The standard InChI is InChI=1S/C24H27BrN2O3/c1-5-16-6-8-17(9-7-16)21-20(22(28)18-10-11-19(25)15(2)14-18)23(29)24(30)27(21)13-12-26(3)4/h6-11,14,21,28H,5,12-13H2,1-4H3/b22-20-. The van der Waals surface area contributed by atoms with Crippen LogP contribution in [0.3, 0.4) is 0 Å². The summed E-state index contributed by atoms with van der Waals surface area (Å²) < 4.78 is 0.914. The summed E-state index contributed by atoms with van der Waals surface area (Å²) in [6.45, 7) is 5.01. The molecule has 1 aliphatic heterocycles. The van der Waals surface area contributed by atoms with Crippen molar-refractivity contribution in [3.8, 4) is 0 Å². The zero-order valence-corrected chi connectivity index (χ0v) is 19.4. The number of likely N-dealkylation sites (tertiary alicyclic amines) is 1. The maximum Gasteiger partial charge on any atom is 0.295 e. The number of aryl methyl sites for hydroxylation is 2. The Labute approximate surface area is 186 Å². The van der Waals surface area contributed by atoms with Crippen LogP contribution in [0.1, 0.15) is 35.2 Å². The number of carbonyl (C=O) groups is 2. The predicted molar refractivity (Wildman–Crippen MR) is 122 cm³/mol. The highest BCUT2D eigenvalue weighted by Crippen LogP contribution is 2.39. The van der Waals surface area contributed by atoms with Crippen molar-refractivity contribution in [3.63, 3.8) is 0 Å². The summed E-state index contributed by atoms with van der Waals surface area (Å²) in [6.07, 6.45) is 0.902. The van der Waals surface area contributed by atoms with E-state index < -0.39 is 17.7 Å². The van der Waals surface area contributed by atoms with Crippen LogP contribution in [0, 0.1) is 6.92 Å². The molecule has 3 rings (SSSR count). The fourth-order valence-electron chi connectivity index (χ4n) is 3.65. The number of aliphatic hydroxyl groups is 1. The van der Waals surface area contributed by atoms with Gasteiger partial charge in [-0.2, -0.15) is 0 Å². The molecule has 0 spiro atoms. The second-order valence-corrected chi connectivity index (χ2v) is 8.71. The minimum atomic E-state index is -0.642. The third kappa shape index (κ3) is 4.35. The zero-order valence-electron chi connectivity index (χ0n) is 17.8. The maximum atomic E-state index is 13.0. The number of hydrogen-bond acceptors (Lipinski definition) is 4. The summed E-state index contributed by atoms with van der Waals surface area (Å²) in [5, 5.41) is 11.1. The highest BCUT2D eigenvalue weighted by Gasteiger charge is 2.45. The fraction of sp³-hybridized carbons (Fsp3) is 0.333. The molecule has 1 aliphatic rings. The van der Waals surface area contributed by atoms with E-state index in [4.69, 9.17) is 0 Å². The Balaban J connectivity index is 2.14. The van der Waals surface area contributed by atoms with E-state index in [0.717, 1.165) is 22.0 Å². The van der Waals surface area contributed by atoms with Gasteiger partial charge in [0.15, 0.2) is 0 Å². The van der Waals surface area contributed by atoms with E-state index in [1.807, 2.05) is 62.3 Å². The predicted octanol–water partition coefficient (Wildman–Crippen LogP) is 4.30. The van der Waals surface area contributed by atoms with Crippen molar-refractivity contribution in [2.24, 2.45) is 0 Å². The van der Waals surface area contributed by atoms with Gasteiger partial charge in [0.2, 0.25) is 0 Å². The molecule has 1 heterocycles. The molecule has 0 radical (unpaired) electrons. The first-order valence-corrected chi connectivity index (χ1v) is 10.8. The van der Waals surface area contributed by atoms with E-state index in [1.54, 1.807) is 11.0 Å². The average molecular weight is 471 g/mol. The molecule has 5 nitrogen and oxygen atoms in total. The SMILES string of the molecule is CCc1ccc(C2/C(=C(/O)c3ccc(Br)c(C)c3)C(=O)C(=O)N2CCN(C)C)cc1. The smallest absolute Gasteiger partial charge is 0.295 e. The largest absolute Gasteiger partial charge is 0.507 e. The Morgan fingerprint density at radius 3 is 2.37 bits per heavy atom. The summed E-state index contributed by atoms with van der Waals surface area (Å²) in [5.41, 5.74) is 3.60. The van der Waals surface area contributed by atoms with Gasteiger partial charge in [-0.1, -0.05) is 53.2 Å². The van der Waals surface area contributed by atoms with Gasteiger partial charge in [-0.05, 0) is 56.3 Å². The first-order valence-electron chi connectivity index (χ1n) is 10.0. The van der Waals surface area contributed by atoms with Crippen LogP contribution in [0.25, 0.3) is 5.76 Å². The third-order valence-electron chi connectivity index (χ3n) is 5.46. The summed E-state index contributed by atoms with van der Waals surface area (Å²) >= 11 is 3.46. The second kappa shape index (κ2) is 9.14. The molecule has 2 aromatic rings. The number of amides is 1. The van der Waals surface area contributed by atoms with Crippen LogP contribution in [0.5, 0.6) is 0 Å². The lowest BCUT2D eigenvalue weighted by Gasteiger charge is -2.26. The van der Waals surface area contributed by atoms with E-state index in [2.05, 4.69) is 22.9 Å². The molecule has 30 heavy (non-hydrogen) atoms. The van der Waals surface area contributed by atoms with Gasteiger partial charge in [0.25, 0.3) is 11.7 Å². The van der Waals surface area contributed by atoms with Gasteiger partial charge >= 0.3 is 0 Å². The van der Waals surface area contributed by atoms with Gasteiger partial charge in [0, 0.05) is 23.1 Å². The van der Waals surface area contributed by atoms with Crippen LogP contribution in [0.4, 0.5) is 0 Å². The molecule has 1 amide bonds. The number of hydrogen-bond donors (Lipinski definition) is 1. The summed E-state index contributed by atoms with van der Waals surface area (Å²) in [6, 6.07) is 12.7. The highest BCUT2D eigenvalue weighted by atomic mass is 79.9. The van der Waals surface area contributed by atoms with Crippen LogP contribution in [-0.4, -0.2) is 53.8 Å². The quantitative estimate of drug-likeness (QED) is 0.388. The van der Waals surface area contributed by atoms with Crippen molar-refractivity contribution in [3.05, 3.63) is 74.8 Å². The van der Waals surface area contributed by atoms with E-state index in [0.29, 0.717) is 18.7 Å². The van der Waals surface area contributed by atoms with Crippen molar-refractivity contribution < 1.29 is 14.7 Å². The molecule has 1 unspecified atom stereocenters. The number of likely N-dealkylation sites (N-methyl/N-ethyl adjacent to an activating group) is 1. The molecule has 0 saturated carbocycles. The lowest BCUT2D eigenvalue weighted by molar-refractivity contribution is -0.140. The molecule has 1 N–H and O–H groups in total. The lowest BCUT2D eigenvalue weighted by Crippen LogP contribution is -2.35. The molecule has 2 aromatic carbocycles. The molecule has 1 atom stereocenters. The van der Waals surface area contributed by atoms with Gasteiger partial charge in [-0.15, -0.1) is 0 Å². The molecule has 1 saturated heterocycles. The van der Waals surface area contributed by atoms with Gasteiger partial charge in [0.05, 0.1) is 11.6 Å². The minimum absolute atomic E-state index is 0.138. The van der Waals surface area contributed by atoms with E-state index in [-0.39, 0.29) is 11.3 Å². The summed E-state index contributed by atoms with van der Waals surface area (Å²) in [5.74, 6) is -1.35. The minimum Gasteiger partial charge on any atom is -0.507 e. The van der Waals surface area contributed by atoms with Gasteiger partial charge in [-0.25, -0.2) is 0 Å². The van der Waals surface area contributed by atoms with E-state index >= 15 is 0 Å². The normalized spacial score (nSPS) is 18.5. The average Bonchev–Trinajstić information content (AvgIpc) is 2.98. The van der Waals surface area contributed by atoms with Crippen molar-refractivity contribution >= 4 is 33.4 Å². The molecular formula is C24H27BrN2O3. The maximum absolute atomic E-state index is 13.0. The van der Waals surface area contributed by atoms with Crippen molar-refractivity contribution in [2.45, 2.75) is 26.3 Å². The number of rotatable bonds is 6. The van der Waals surface area contributed by atoms with Crippen molar-refractivity contribution in [2.75, 3.05) is 27.2 Å². The van der Waals surface area contributed by atoms with Crippen LogP contribution in [0.2, 0.25) is 0 Å². The van der Waals surface area contributed by atoms with E-state index in [9.17, 15) is 14.7 Å². The summed E-state index contributed by atoms with van der Waals surface area (Å²) in [4.78, 5) is 29.4. The van der Waals surface area contributed by atoms with Gasteiger partial charge in [-0.3, -0.25) is 9.59 Å². The fourth-order valence-corrected chi connectivity index (χ4v) is 3.89. The number of nitrogens with zero attached hydrogens (tertiary/aromatic N) is 2. The third-order valence-corrected chi connectivity index (χ3v) is 6.35. The molecule has 6 heteroatoms. The number of halogens is 1. The Bertz CT molecular complexity index is 996. The Morgan fingerprint density at radius 1 is 1.13 bits per heavy atom. The first-order chi connectivity index (χ1) is 14.2. The first kappa shape index (κ1) is 22.2. The van der Waals surface area contributed by atoms with Gasteiger partial charge < -0.3 is 14.9 Å². The monoisotopic (exact) mass is 470 g/mol. The van der Waals surface area contributed by atoms with Crippen LogP contribution >= 0.6 is 15.9 Å². The van der Waals surface area contributed by atoms with Crippen molar-refractivity contribution in [1.82, 2.24) is 9.80 Å². The molecular weight excluding hydrogens is 444 g/mol. The number of benzene rings is 2. The van der Waals surface area contributed by atoms with Gasteiger partial charge in [0.1, 0.15) is 5.76 Å². The van der Waals surface area contributed by atoms with Crippen LogP contribution < -0.4 is 0 Å². The Kier molecular flexibility index (Phi) is 6.78. The van der Waals surface area contributed by atoms with Crippen LogP contribution in [-0.2, 0) is 16.0 Å². The summed E-state index contributed by atoms with van der Waals surface area (Å²) in [7, 11) is 3.85. The Morgan fingerprint density at radius 2 is 1.80 bits per heavy atom. The number of aliphatic hydroxyl groups excluding tert-OH is 1.